The van der Waals surface area contributed by atoms with Crippen molar-refractivity contribution in [2.75, 3.05) is 13.1 Å². The topological polar surface area (TPSA) is 130 Å². The number of aromatic nitrogens is 2. The molecule has 3 heterocycles. The Labute approximate surface area is 173 Å². The first-order valence-corrected chi connectivity index (χ1v) is 9.92. The monoisotopic (exact) mass is 408 g/mol. The molecule has 156 valence electrons. The molecule has 1 aromatic carbocycles. The SMILES string of the molecule is CC[C@@](O)(C(=O)NCCN)c1cc2n(c(=O)c1CO)Cc1cc3ccccc3nc1-2. The Kier molecular flexibility index (Phi) is 5.15. The number of pyridine rings is 2. The van der Waals surface area contributed by atoms with Crippen LogP contribution in [0.1, 0.15) is 30.0 Å². The molecule has 30 heavy (non-hydrogen) atoms. The molecule has 0 fully saturated rings. The Morgan fingerprint density at radius 1 is 1.33 bits per heavy atom. The van der Waals surface area contributed by atoms with Crippen molar-refractivity contribution in [2.45, 2.75) is 32.1 Å². The summed E-state index contributed by atoms with van der Waals surface area (Å²) >= 11 is 0. The van der Waals surface area contributed by atoms with Crippen LogP contribution >= 0.6 is 0 Å². The number of carbonyl (C=O) groups is 1. The van der Waals surface area contributed by atoms with Crippen LogP contribution in [-0.2, 0) is 23.5 Å². The Bertz CT molecular complexity index is 1200. The first-order chi connectivity index (χ1) is 14.4. The molecule has 8 nitrogen and oxygen atoms in total. The van der Waals surface area contributed by atoms with Gasteiger partial charge in [-0.25, -0.2) is 4.98 Å². The standard InChI is InChI=1S/C22H24N4O4/c1-2-22(30,21(29)24-8-7-23)16-10-18-19-14(11-26(18)20(28)15(16)12-27)9-13-5-3-4-6-17(13)25-19/h3-6,9-10,27,30H,2,7-8,11-12,23H2,1H3,(H,24,29)/t22-/m0/s1. The number of nitrogens with two attached hydrogens (primary N) is 1. The molecule has 8 heteroatoms. The molecule has 0 aliphatic carbocycles. The summed E-state index contributed by atoms with van der Waals surface area (Å²) in [7, 11) is 0. The number of hydrogen-bond acceptors (Lipinski definition) is 6. The molecular formula is C22H24N4O4. The molecule has 1 aliphatic rings. The van der Waals surface area contributed by atoms with Crippen molar-refractivity contribution in [2.24, 2.45) is 5.73 Å². The molecular weight excluding hydrogens is 384 g/mol. The highest BCUT2D eigenvalue weighted by Gasteiger charge is 2.40. The van der Waals surface area contributed by atoms with E-state index >= 15 is 0 Å². The molecule has 0 radical (unpaired) electrons. The molecule has 3 aromatic rings. The molecule has 2 aromatic heterocycles. The summed E-state index contributed by atoms with van der Waals surface area (Å²) in [5.41, 5.74) is 5.97. The van der Waals surface area contributed by atoms with Gasteiger partial charge in [-0.05, 0) is 24.6 Å². The molecule has 0 unspecified atom stereocenters. The molecule has 0 bridgehead atoms. The molecule has 1 amide bonds. The van der Waals surface area contributed by atoms with Crippen LogP contribution in [0.3, 0.4) is 0 Å². The predicted molar refractivity (Wildman–Crippen MR) is 113 cm³/mol. The molecule has 1 aliphatic heterocycles. The van der Waals surface area contributed by atoms with Crippen molar-refractivity contribution in [3.63, 3.8) is 0 Å². The Morgan fingerprint density at radius 2 is 2.10 bits per heavy atom. The Balaban J connectivity index is 1.93. The minimum absolute atomic E-state index is 0.00311. The highest BCUT2D eigenvalue weighted by Crippen LogP contribution is 2.36. The summed E-state index contributed by atoms with van der Waals surface area (Å²) in [5, 5.41) is 24.7. The van der Waals surface area contributed by atoms with Gasteiger partial charge in [0, 0.05) is 35.2 Å². The van der Waals surface area contributed by atoms with Gasteiger partial charge in [0.1, 0.15) is 0 Å². The summed E-state index contributed by atoms with van der Waals surface area (Å²) in [6.45, 7) is 1.78. The van der Waals surface area contributed by atoms with E-state index in [0.29, 0.717) is 17.9 Å². The van der Waals surface area contributed by atoms with Gasteiger partial charge in [0.25, 0.3) is 11.5 Å². The Morgan fingerprint density at radius 3 is 2.80 bits per heavy atom. The average Bonchev–Trinajstić information content (AvgIpc) is 3.13. The summed E-state index contributed by atoms with van der Waals surface area (Å²) in [6, 6.07) is 11.3. The van der Waals surface area contributed by atoms with Gasteiger partial charge in [-0.1, -0.05) is 25.1 Å². The van der Waals surface area contributed by atoms with Crippen LogP contribution in [-0.4, -0.2) is 38.8 Å². The number of amides is 1. The maximum absolute atomic E-state index is 13.2. The molecule has 1 atom stereocenters. The fraction of sp³-hybridized carbons (Fsp3) is 0.318. The first kappa shape index (κ1) is 20.2. The van der Waals surface area contributed by atoms with Crippen LogP contribution in [0.5, 0.6) is 0 Å². The second-order valence-corrected chi connectivity index (χ2v) is 7.42. The highest BCUT2D eigenvalue weighted by atomic mass is 16.3. The number of hydrogen-bond donors (Lipinski definition) is 4. The average molecular weight is 408 g/mol. The van der Waals surface area contributed by atoms with E-state index in [1.807, 2.05) is 30.3 Å². The molecule has 4 rings (SSSR count). The molecule has 0 saturated carbocycles. The van der Waals surface area contributed by atoms with Gasteiger partial charge in [0.05, 0.1) is 30.1 Å². The predicted octanol–water partition coefficient (Wildman–Crippen LogP) is 0.590. The number of benzene rings is 1. The van der Waals surface area contributed by atoms with Gasteiger partial charge in [-0.3, -0.25) is 9.59 Å². The third-order valence-corrected chi connectivity index (χ3v) is 5.70. The van der Waals surface area contributed by atoms with E-state index < -0.39 is 23.7 Å². The van der Waals surface area contributed by atoms with E-state index in [2.05, 4.69) is 5.32 Å². The van der Waals surface area contributed by atoms with E-state index in [-0.39, 0.29) is 30.6 Å². The van der Waals surface area contributed by atoms with Crippen molar-refractivity contribution >= 4 is 16.8 Å². The quantitative estimate of drug-likeness (QED) is 0.369. The lowest BCUT2D eigenvalue weighted by Gasteiger charge is -2.28. The van der Waals surface area contributed by atoms with Crippen molar-refractivity contribution in [1.29, 1.82) is 0 Å². The van der Waals surface area contributed by atoms with Gasteiger partial charge in [0.2, 0.25) is 0 Å². The molecule has 0 spiro atoms. The summed E-state index contributed by atoms with van der Waals surface area (Å²) in [4.78, 5) is 30.6. The minimum atomic E-state index is -1.97. The molecule has 5 N–H and O–H groups in total. The van der Waals surface area contributed by atoms with E-state index in [0.717, 1.165) is 16.5 Å². The normalized spacial score (nSPS) is 14.3. The zero-order valence-electron chi connectivity index (χ0n) is 16.7. The lowest BCUT2D eigenvalue weighted by atomic mass is 9.86. The number of nitrogens with zero attached hydrogens (tertiary/aromatic N) is 2. The van der Waals surface area contributed by atoms with Crippen molar-refractivity contribution in [3.05, 3.63) is 63.4 Å². The van der Waals surface area contributed by atoms with Gasteiger partial charge < -0.3 is 25.8 Å². The second-order valence-electron chi connectivity index (χ2n) is 7.42. The molecule has 0 saturated heterocycles. The third-order valence-electron chi connectivity index (χ3n) is 5.70. The highest BCUT2D eigenvalue weighted by molar-refractivity contribution is 5.88. The number of para-hydroxylation sites is 1. The third kappa shape index (κ3) is 3.00. The van der Waals surface area contributed by atoms with Crippen LogP contribution in [0.25, 0.3) is 22.3 Å². The van der Waals surface area contributed by atoms with Crippen LogP contribution in [0.15, 0.2) is 41.2 Å². The zero-order chi connectivity index (χ0) is 21.5. The Hall–Kier alpha value is -3.07. The van der Waals surface area contributed by atoms with E-state index in [9.17, 15) is 19.8 Å². The lowest BCUT2D eigenvalue weighted by molar-refractivity contribution is -0.141. The van der Waals surface area contributed by atoms with E-state index in [1.165, 1.54) is 4.57 Å². The fourth-order valence-corrected chi connectivity index (χ4v) is 4.04. The van der Waals surface area contributed by atoms with Gasteiger partial charge in [0.15, 0.2) is 5.60 Å². The maximum atomic E-state index is 13.2. The summed E-state index contributed by atoms with van der Waals surface area (Å²) in [5.74, 6) is -0.654. The smallest absolute Gasteiger partial charge is 0.257 e. The summed E-state index contributed by atoms with van der Waals surface area (Å²) < 4.78 is 1.53. The van der Waals surface area contributed by atoms with Gasteiger partial charge in [-0.15, -0.1) is 0 Å². The van der Waals surface area contributed by atoms with Crippen molar-refractivity contribution in [3.8, 4) is 11.4 Å². The first-order valence-electron chi connectivity index (χ1n) is 9.92. The van der Waals surface area contributed by atoms with Gasteiger partial charge in [-0.2, -0.15) is 0 Å². The number of rotatable bonds is 6. The van der Waals surface area contributed by atoms with Crippen LogP contribution in [0.2, 0.25) is 0 Å². The van der Waals surface area contributed by atoms with Crippen LogP contribution in [0, 0.1) is 0 Å². The number of fused-ring (bicyclic) bond motifs is 4. The van der Waals surface area contributed by atoms with E-state index in [1.54, 1.807) is 13.0 Å². The summed E-state index contributed by atoms with van der Waals surface area (Å²) in [6.07, 6.45) is 0.0251. The zero-order valence-corrected chi connectivity index (χ0v) is 16.7. The number of nitrogens with one attached hydrogen (secondary N) is 1. The minimum Gasteiger partial charge on any atom is -0.391 e. The van der Waals surface area contributed by atoms with Crippen molar-refractivity contribution in [1.82, 2.24) is 14.9 Å². The maximum Gasteiger partial charge on any atom is 0.257 e. The fourth-order valence-electron chi connectivity index (χ4n) is 4.04. The second kappa shape index (κ2) is 7.64. The number of carbonyl (C=O) groups excluding carboxylic acids is 1. The lowest BCUT2D eigenvalue weighted by Crippen LogP contribution is -2.47. The van der Waals surface area contributed by atoms with Crippen LogP contribution < -0.4 is 16.6 Å². The number of aliphatic hydroxyl groups is 2. The number of aliphatic hydroxyl groups excluding tert-OH is 1. The van der Waals surface area contributed by atoms with Gasteiger partial charge >= 0.3 is 0 Å². The van der Waals surface area contributed by atoms with Crippen LogP contribution in [0.4, 0.5) is 0 Å². The van der Waals surface area contributed by atoms with Crippen molar-refractivity contribution < 1.29 is 15.0 Å². The largest absolute Gasteiger partial charge is 0.391 e. The van der Waals surface area contributed by atoms with E-state index in [4.69, 9.17) is 10.7 Å².